The fraction of sp³-hybridized carbons (Fsp3) is 0.381. The van der Waals surface area contributed by atoms with Gasteiger partial charge in [0.05, 0.1) is 12.1 Å². The third kappa shape index (κ3) is 4.75. The Morgan fingerprint density at radius 3 is 2.79 bits per heavy atom. The highest BCUT2D eigenvalue weighted by Gasteiger charge is 2.27. The number of hydrogen-bond acceptors (Lipinski definition) is 5. The maximum Gasteiger partial charge on any atom is 0.281 e. The van der Waals surface area contributed by atoms with Crippen molar-refractivity contribution in [1.29, 1.82) is 5.26 Å². The van der Waals surface area contributed by atoms with Crippen molar-refractivity contribution >= 4 is 39.2 Å². The Hall–Kier alpha value is -2.30. The molecule has 1 aromatic carbocycles. The lowest BCUT2D eigenvalue weighted by Gasteiger charge is -2.26. The standard InChI is InChI=1S/C21H23N3O2S2/c1-2-3-7-12-27-21(26)24-11-10-16-17(13-22)20(28-18(16)14-24)23-19(25)15-8-5-4-6-9-15/h4-6,8-9H,2-3,7,10-12,14H2,1H3,(H,23,25). The molecule has 0 aliphatic carbocycles. The molecule has 1 N–H and O–H groups in total. The molecule has 2 aromatic rings. The van der Waals surface area contributed by atoms with E-state index >= 15 is 0 Å². The van der Waals surface area contributed by atoms with E-state index in [1.807, 2.05) is 11.0 Å². The molecule has 1 aromatic heterocycles. The van der Waals surface area contributed by atoms with Crippen LogP contribution in [0.2, 0.25) is 0 Å². The molecule has 0 radical (unpaired) electrons. The number of thiophene rings is 1. The van der Waals surface area contributed by atoms with Crippen molar-refractivity contribution in [2.45, 2.75) is 39.2 Å². The maximum atomic E-state index is 12.5. The second kappa shape index (κ2) is 9.76. The molecule has 0 atom stereocenters. The molecule has 1 aliphatic rings. The van der Waals surface area contributed by atoms with E-state index in [0.29, 0.717) is 35.6 Å². The Balaban J connectivity index is 1.69. The fourth-order valence-corrected chi connectivity index (χ4v) is 5.20. The lowest BCUT2D eigenvalue weighted by molar-refractivity contribution is 0.102. The van der Waals surface area contributed by atoms with Crippen LogP contribution >= 0.6 is 23.1 Å². The molecule has 0 saturated heterocycles. The highest BCUT2D eigenvalue weighted by molar-refractivity contribution is 8.13. The summed E-state index contributed by atoms with van der Waals surface area (Å²) in [6.45, 7) is 3.27. The van der Waals surface area contributed by atoms with Crippen molar-refractivity contribution in [1.82, 2.24) is 4.90 Å². The first-order valence-corrected chi connectivity index (χ1v) is 11.3. The number of nitrogens with one attached hydrogen (secondary N) is 1. The molecule has 7 heteroatoms. The Morgan fingerprint density at radius 2 is 2.07 bits per heavy atom. The van der Waals surface area contributed by atoms with E-state index in [1.165, 1.54) is 23.1 Å². The molecular weight excluding hydrogens is 390 g/mol. The second-order valence-electron chi connectivity index (χ2n) is 6.63. The number of carbonyl (C=O) groups is 2. The second-order valence-corrected chi connectivity index (χ2v) is 8.78. The minimum Gasteiger partial charge on any atom is -0.328 e. The zero-order chi connectivity index (χ0) is 19.9. The summed E-state index contributed by atoms with van der Waals surface area (Å²) in [6.07, 6.45) is 3.99. The zero-order valence-corrected chi connectivity index (χ0v) is 17.5. The van der Waals surface area contributed by atoms with Gasteiger partial charge in [0.15, 0.2) is 0 Å². The lowest BCUT2D eigenvalue weighted by atomic mass is 10.0. The summed E-state index contributed by atoms with van der Waals surface area (Å²) in [5.41, 5.74) is 2.06. The predicted octanol–water partition coefficient (Wildman–Crippen LogP) is 5.27. The number of unbranched alkanes of at least 4 members (excludes halogenated alkanes) is 2. The molecule has 2 heterocycles. The summed E-state index contributed by atoms with van der Waals surface area (Å²) in [6, 6.07) is 11.2. The van der Waals surface area contributed by atoms with Crippen LogP contribution in [0.3, 0.4) is 0 Å². The van der Waals surface area contributed by atoms with Gasteiger partial charge in [-0.2, -0.15) is 5.26 Å². The van der Waals surface area contributed by atoms with Gasteiger partial charge in [0.25, 0.3) is 11.1 Å². The summed E-state index contributed by atoms with van der Waals surface area (Å²) >= 11 is 2.78. The van der Waals surface area contributed by atoms with Gasteiger partial charge in [0.2, 0.25) is 0 Å². The van der Waals surface area contributed by atoms with Gasteiger partial charge in [-0.3, -0.25) is 9.59 Å². The first kappa shape index (κ1) is 20.4. The molecule has 5 nitrogen and oxygen atoms in total. The largest absolute Gasteiger partial charge is 0.328 e. The zero-order valence-electron chi connectivity index (χ0n) is 15.9. The average molecular weight is 414 g/mol. The van der Waals surface area contributed by atoms with E-state index in [4.69, 9.17) is 0 Å². The van der Waals surface area contributed by atoms with Crippen LogP contribution in [-0.2, 0) is 13.0 Å². The molecule has 1 aliphatic heterocycles. The number of hydrogen-bond donors (Lipinski definition) is 1. The van der Waals surface area contributed by atoms with Crippen molar-refractivity contribution in [3.8, 4) is 6.07 Å². The Morgan fingerprint density at radius 1 is 1.29 bits per heavy atom. The van der Waals surface area contributed by atoms with E-state index < -0.39 is 0 Å². The molecule has 0 bridgehead atoms. The fourth-order valence-electron chi connectivity index (χ4n) is 3.13. The highest BCUT2D eigenvalue weighted by atomic mass is 32.2. The minimum absolute atomic E-state index is 0.100. The SMILES string of the molecule is CCCCCSC(=O)N1CCc2c(sc(NC(=O)c3ccccc3)c2C#N)C1. The number of anilines is 1. The van der Waals surface area contributed by atoms with Crippen molar-refractivity contribution in [2.24, 2.45) is 0 Å². The molecule has 0 unspecified atom stereocenters. The Labute approximate surface area is 173 Å². The number of nitrogens with zero attached hydrogens (tertiary/aromatic N) is 2. The maximum absolute atomic E-state index is 12.5. The quantitative estimate of drug-likeness (QED) is 0.655. The lowest BCUT2D eigenvalue weighted by Crippen LogP contribution is -2.33. The summed E-state index contributed by atoms with van der Waals surface area (Å²) in [5.74, 6) is 0.623. The monoisotopic (exact) mass is 413 g/mol. The van der Waals surface area contributed by atoms with Crippen LogP contribution < -0.4 is 5.32 Å². The predicted molar refractivity (Wildman–Crippen MR) is 115 cm³/mol. The van der Waals surface area contributed by atoms with E-state index in [1.54, 1.807) is 24.3 Å². The first-order valence-electron chi connectivity index (χ1n) is 9.46. The third-order valence-electron chi connectivity index (χ3n) is 4.66. The summed E-state index contributed by atoms with van der Waals surface area (Å²) in [5, 5.41) is 13.2. The van der Waals surface area contributed by atoms with Crippen molar-refractivity contribution in [2.75, 3.05) is 17.6 Å². The van der Waals surface area contributed by atoms with E-state index in [2.05, 4.69) is 18.3 Å². The van der Waals surface area contributed by atoms with Crippen LogP contribution in [0.15, 0.2) is 30.3 Å². The van der Waals surface area contributed by atoms with Crippen molar-refractivity contribution in [3.05, 3.63) is 51.9 Å². The van der Waals surface area contributed by atoms with Gasteiger partial charge in [-0.25, -0.2) is 0 Å². The summed E-state index contributed by atoms with van der Waals surface area (Å²) < 4.78 is 0. The van der Waals surface area contributed by atoms with Crippen molar-refractivity contribution in [3.63, 3.8) is 0 Å². The average Bonchev–Trinajstić information content (AvgIpc) is 3.07. The molecule has 28 heavy (non-hydrogen) atoms. The van der Waals surface area contributed by atoms with Gasteiger partial charge < -0.3 is 10.2 Å². The van der Waals surface area contributed by atoms with Crippen LogP contribution in [0, 0.1) is 11.3 Å². The van der Waals surface area contributed by atoms with Gasteiger partial charge >= 0.3 is 0 Å². The normalized spacial score (nSPS) is 12.9. The third-order valence-corrected chi connectivity index (χ3v) is 6.79. The number of fused-ring (bicyclic) bond motifs is 1. The molecule has 146 valence electrons. The number of benzene rings is 1. The number of nitriles is 1. The number of rotatable bonds is 6. The minimum atomic E-state index is -0.227. The highest BCUT2D eigenvalue weighted by Crippen LogP contribution is 2.37. The van der Waals surface area contributed by atoms with Gasteiger partial charge in [0.1, 0.15) is 11.1 Å². The van der Waals surface area contributed by atoms with E-state index in [0.717, 1.165) is 35.5 Å². The van der Waals surface area contributed by atoms with Gasteiger partial charge in [-0.05, 0) is 30.5 Å². The number of thioether (sulfide) groups is 1. The smallest absolute Gasteiger partial charge is 0.281 e. The van der Waals surface area contributed by atoms with Crippen LogP contribution in [-0.4, -0.2) is 28.3 Å². The molecule has 0 fully saturated rings. The number of amides is 2. The molecule has 2 amide bonds. The van der Waals surface area contributed by atoms with Gasteiger partial charge in [-0.15, -0.1) is 11.3 Å². The van der Waals surface area contributed by atoms with Crippen molar-refractivity contribution < 1.29 is 9.59 Å². The van der Waals surface area contributed by atoms with E-state index in [-0.39, 0.29) is 11.1 Å². The Kier molecular flexibility index (Phi) is 7.12. The number of carbonyl (C=O) groups excluding carboxylic acids is 2. The first-order chi connectivity index (χ1) is 13.6. The van der Waals surface area contributed by atoms with Gasteiger partial charge in [-0.1, -0.05) is 49.7 Å². The summed E-state index contributed by atoms with van der Waals surface area (Å²) in [4.78, 5) is 27.8. The van der Waals surface area contributed by atoms with Crippen LogP contribution in [0.1, 0.15) is 52.5 Å². The summed E-state index contributed by atoms with van der Waals surface area (Å²) in [7, 11) is 0. The van der Waals surface area contributed by atoms with Crippen LogP contribution in [0.4, 0.5) is 9.80 Å². The molecular formula is C21H23N3O2S2. The van der Waals surface area contributed by atoms with Crippen LogP contribution in [0.5, 0.6) is 0 Å². The topological polar surface area (TPSA) is 73.2 Å². The van der Waals surface area contributed by atoms with E-state index in [9.17, 15) is 14.9 Å². The molecule has 0 spiro atoms. The Bertz CT molecular complexity index is 887. The van der Waals surface area contributed by atoms with Gasteiger partial charge in [0, 0.05) is 22.7 Å². The molecule has 3 rings (SSSR count). The molecule has 0 saturated carbocycles. The van der Waals surface area contributed by atoms with Crippen LogP contribution in [0.25, 0.3) is 0 Å².